The number of hydrogen-bond acceptors (Lipinski definition) is 10. The van der Waals surface area contributed by atoms with Crippen molar-refractivity contribution >= 4 is 34.5 Å². The van der Waals surface area contributed by atoms with Gasteiger partial charge in [-0.2, -0.15) is 4.49 Å². The van der Waals surface area contributed by atoms with Crippen molar-refractivity contribution < 1.29 is 177 Å². The fourth-order valence-corrected chi connectivity index (χ4v) is 5.94. The van der Waals surface area contributed by atoms with E-state index in [4.69, 9.17) is 0 Å². The zero-order valence-electron chi connectivity index (χ0n) is 22.6. The van der Waals surface area contributed by atoms with Gasteiger partial charge in [0, 0.05) is 31.9 Å². The smallest absolute Gasteiger partial charge is 0.799 e. The molecule has 2 aromatic carbocycles. The molecular formula is C25H19K3N6O5PS+. The summed E-state index contributed by atoms with van der Waals surface area (Å²) in [5.74, 6) is 0.619. The van der Waals surface area contributed by atoms with Crippen molar-refractivity contribution in [2.24, 2.45) is 0 Å². The summed E-state index contributed by atoms with van der Waals surface area (Å²) in [5.41, 5.74) is 3.40. The van der Waals surface area contributed by atoms with Gasteiger partial charge in [-0.1, -0.05) is 48.5 Å². The molecule has 0 saturated heterocycles. The van der Waals surface area contributed by atoms with E-state index in [1.807, 2.05) is 60.7 Å². The Balaban J connectivity index is 0.00000196. The van der Waals surface area contributed by atoms with Crippen molar-refractivity contribution in [3.63, 3.8) is 0 Å². The van der Waals surface area contributed by atoms with E-state index < -0.39 is 22.7 Å². The van der Waals surface area contributed by atoms with Crippen LogP contribution in [0.2, 0.25) is 0 Å². The largest absolute Gasteiger partial charge is 1.00 e. The van der Waals surface area contributed by atoms with Gasteiger partial charge in [0.1, 0.15) is 10.7 Å². The predicted molar refractivity (Wildman–Crippen MR) is 138 cm³/mol. The van der Waals surface area contributed by atoms with E-state index in [0.29, 0.717) is 17.9 Å². The van der Waals surface area contributed by atoms with Gasteiger partial charge in [-0.3, -0.25) is 9.97 Å². The molecule has 41 heavy (non-hydrogen) atoms. The van der Waals surface area contributed by atoms with Gasteiger partial charge in [0.15, 0.2) is 5.82 Å². The van der Waals surface area contributed by atoms with Gasteiger partial charge in [0.05, 0.1) is 23.1 Å². The SMILES string of the molecule is O=P([O-])([O-])NS(=O)(=O)c1cncc(-c2nc(NCc3ccccn3)c3c(-c4ccccc4)cccc3n2)c1.[K+].[K+].[K+]. The van der Waals surface area contributed by atoms with Crippen LogP contribution in [0.4, 0.5) is 5.82 Å². The Kier molecular flexibility index (Phi) is 15.7. The summed E-state index contributed by atoms with van der Waals surface area (Å²) < 4.78 is 36.9. The van der Waals surface area contributed by atoms with Gasteiger partial charge in [-0.25, -0.2) is 18.4 Å². The van der Waals surface area contributed by atoms with Crippen LogP contribution in [0.15, 0.2) is 96.3 Å². The first-order valence-corrected chi connectivity index (χ1v) is 14.2. The van der Waals surface area contributed by atoms with Crippen LogP contribution in [0, 0.1) is 0 Å². The first kappa shape index (κ1) is 38.0. The summed E-state index contributed by atoms with van der Waals surface area (Å²) in [6.07, 6.45) is 3.96. The van der Waals surface area contributed by atoms with Crippen LogP contribution in [0.5, 0.6) is 0 Å². The Bertz CT molecular complexity index is 1780. The van der Waals surface area contributed by atoms with Crippen LogP contribution < -0.4 is 174 Å². The Morgan fingerprint density at radius 2 is 1.56 bits per heavy atom. The molecule has 0 unspecified atom stereocenters. The Morgan fingerprint density at radius 3 is 2.24 bits per heavy atom. The molecule has 0 radical (unpaired) electrons. The first-order chi connectivity index (χ1) is 18.2. The number of nitrogens with one attached hydrogen (secondary N) is 2. The number of hydrogen-bond donors (Lipinski definition) is 2. The van der Waals surface area contributed by atoms with Crippen LogP contribution in [-0.2, 0) is 21.1 Å². The number of benzene rings is 2. The average molecular weight is 664 g/mol. The number of fused-ring (bicyclic) bond motifs is 1. The van der Waals surface area contributed by atoms with Crippen molar-refractivity contribution in [2.45, 2.75) is 11.4 Å². The average Bonchev–Trinajstić information content (AvgIpc) is 2.91. The second-order valence-electron chi connectivity index (χ2n) is 8.14. The predicted octanol–water partition coefficient (Wildman–Crippen LogP) is -6.52. The fraction of sp³-hybridized carbons (Fsp3) is 0.0400. The number of rotatable bonds is 8. The Labute approximate surface area is 364 Å². The third-order valence-corrected chi connectivity index (χ3v) is 8.18. The van der Waals surface area contributed by atoms with Crippen LogP contribution >= 0.6 is 7.75 Å². The molecule has 0 aliphatic heterocycles. The second kappa shape index (κ2) is 17.0. The van der Waals surface area contributed by atoms with Crippen molar-refractivity contribution in [3.8, 4) is 22.5 Å². The quantitative estimate of drug-likeness (QED) is 0.120. The molecule has 2 N–H and O–H groups in total. The minimum absolute atomic E-state index is 0. The van der Waals surface area contributed by atoms with E-state index in [1.165, 1.54) is 6.20 Å². The number of sulfonamides is 1. The van der Waals surface area contributed by atoms with Crippen LogP contribution in [0.3, 0.4) is 0 Å². The molecule has 16 heteroatoms. The van der Waals surface area contributed by atoms with Gasteiger partial charge in [0.25, 0.3) is 0 Å². The monoisotopic (exact) mass is 663 g/mol. The molecule has 5 rings (SSSR count). The molecule has 0 amide bonds. The van der Waals surface area contributed by atoms with Gasteiger partial charge < -0.3 is 19.7 Å². The Morgan fingerprint density at radius 1 is 0.829 bits per heavy atom. The molecule has 192 valence electrons. The summed E-state index contributed by atoms with van der Waals surface area (Å²) in [5, 5.41) is 4.06. The zero-order chi connectivity index (χ0) is 26.8. The summed E-state index contributed by atoms with van der Waals surface area (Å²) >= 11 is 0. The van der Waals surface area contributed by atoms with Crippen molar-refractivity contribution in [1.82, 2.24) is 24.4 Å². The maximum absolute atomic E-state index is 12.4. The molecule has 3 heterocycles. The molecule has 0 aliphatic carbocycles. The minimum atomic E-state index is -5.57. The third kappa shape index (κ3) is 10.2. The summed E-state index contributed by atoms with van der Waals surface area (Å²) in [6, 6.07) is 22.0. The molecule has 11 nitrogen and oxygen atoms in total. The van der Waals surface area contributed by atoms with E-state index in [1.54, 1.807) is 12.3 Å². The van der Waals surface area contributed by atoms with Crippen LogP contribution in [-0.4, -0.2) is 28.4 Å². The molecule has 0 bridgehead atoms. The molecule has 5 aromatic rings. The zero-order valence-corrected chi connectivity index (χ0v) is 33.6. The van der Waals surface area contributed by atoms with Crippen molar-refractivity contribution in [1.29, 1.82) is 0 Å². The van der Waals surface area contributed by atoms with Gasteiger partial charge >= 0.3 is 154 Å². The number of nitrogens with zero attached hydrogens (tertiary/aromatic N) is 4. The van der Waals surface area contributed by atoms with Crippen LogP contribution in [0.1, 0.15) is 5.69 Å². The number of pyridine rings is 2. The molecule has 0 saturated carbocycles. The first-order valence-electron chi connectivity index (χ1n) is 11.2. The summed E-state index contributed by atoms with van der Waals surface area (Å²) in [7, 11) is -10.2. The molecule has 0 atom stereocenters. The van der Waals surface area contributed by atoms with E-state index >= 15 is 0 Å². The molecule has 0 spiro atoms. The van der Waals surface area contributed by atoms with E-state index in [2.05, 4.69) is 25.3 Å². The van der Waals surface area contributed by atoms with Gasteiger partial charge in [-0.15, -0.1) is 0 Å². The standard InChI is InChI=1S/C25H21N6O5PS.3K/c32-37(33,34)31-38(35,36)20-13-18(14-26-16-20)24-29-22-11-6-10-21(17-7-2-1-3-8-17)23(22)25(30-24)28-15-19-9-4-5-12-27-19;;;/h1-14,16H,15H2,(H,28,29,30)(H3,31,32,33,34);;;/q;3*+1/p-2. The minimum Gasteiger partial charge on any atom is -0.799 e. The Hall–Kier alpha value is 0.849. The molecule has 0 fully saturated rings. The van der Waals surface area contributed by atoms with Crippen molar-refractivity contribution in [2.75, 3.05) is 5.32 Å². The van der Waals surface area contributed by atoms with E-state index in [9.17, 15) is 22.8 Å². The van der Waals surface area contributed by atoms with Gasteiger partial charge in [0.2, 0.25) is 10.0 Å². The molecular weight excluding hydrogens is 645 g/mol. The normalized spacial score (nSPS) is 11.1. The summed E-state index contributed by atoms with van der Waals surface area (Å²) in [4.78, 5) is 39.1. The van der Waals surface area contributed by atoms with E-state index in [-0.39, 0.29) is 166 Å². The topological polar surface area (TPSA) is 173 Å². The summed E-state index contributed by atoms with van der Waals surface area (Å²) in [6.45, 7) is 0.356. The number of anilines is 1. The van der Waals surface area contributed by atoms with Crippen molar-refractivity contribution in [3.05, 3.63) is 97.1 Å². The second-order valence-corrected chi connectivity index (χ2v) is 11.3. The molecule has 0 aliphatic rings. The van der Waals surface area contributed by atoms with E-state index in [0.717, 1.165) is 39.0 Å². The van der Waals surface area contributed by atoms with Gasteiger partial charge in [-0.05, 0) is 35.4 Å². The fourth-order valence-electron chi connectivity index (χ4n) is 3.86. The van der Waals surface area contributed by atoms with Crippen LogP contribution in [0.25, 0.3) is 33.4 Å². The third-order valence-electron chi connectivity index (χ3n) is 5.48. The number of aromatic nitrogens is 4. The molecule has 3 aromatic heterocycles. The maximum Gasteiger partial charge on any atom is 1.00 e. The maximum atomic E-state index is 12.4.